The zero-order chi connectivity index (χ0) is 21.2. The lowest BCUT2D eigenvalue weighted by Gasteiger charge is -2.13. The van der Waals surface area contributed by atoms with Crippen molar-refractivity contribution in [1.29, 1.82) is 0 Å². The predicted octanol–water partition coefficient (Wildman–Crippen LogP) is 4.99. The van der Waals surface area contributed by atoms with Crippen molar-refractivity contribution in [3.8, 4) is 16.9 Å². The van der Waals surface area contributed by atoms with Gasteiger partial charge in [-0.25, -0.2) is 17.5 Å². The topological polar surface area (TPSA) is 68.3 Å². The molecule has 9 heteroatoms. The molecule has 2 aromatic carbocycles. The highest BCUT2D eigenvalue weighted by Crippen LogP contribution is 2.36. The Balaban J connectivity index is 1.99. The predicted molar refractivity (Wildman–Crippen MR) is 111 cm³/mol. The van der Waals surface area contributed by atoms with E-state index in [9.17, 15) is 12.8 Å². The molecule has 0 bridgehead atoms. The Morgan fingerprint density at radius 2 is 1.79 bits per heavy atom. The van der Waals surface area contributed by atoms with Gasteiger partial charge in [-0.1, -0.05) is 41.4 Å². The number of ether oxygens (including phenoxy) is 1. The highest BCUT2D eigenvalue weighted by Gasteiger charge is 2.23. The maximum atomic E-state index is 14.5. The number of rotatable bonds is 6. The summed E-state index contributed by atoms with van der Waals surface area (Å²) in [5.74, 6) is -0.451. The summed E-state index contributed by atoms with van der Waals surface area (Å²) >= 11 is 12.4. The summed E-state index contributed by atoms with van der Waals surface area (Å²) in [6.45, 7) is 1.69. The number of methoxy groups -OCH3 is 1. The van der Waals surface area contributed by atoms with E-state index in [1.165, 1.54) is 13.3 Å². The molecule has 29 heavy (non-hydrogen) atoms. The van der Waals surface area contributed by atoms with Crippen molar-refractivity contribution in [1.82, 2.24) is 9.71 Å². The van der Waals surface area contributed by atoms with Crippen molar-refractivity contribution >= 4 is 33.2 Å². The molecule has 0 fully saturated rings. The van der Waals surface area contributed by atoms with Crippen LogP contribution in [0.3, 0.4) is 0 Å². The quantitative estimate of drug-likeness (QED) is 0.569. The van der Waals surface area contributed by atoms with Crippen molar-refractivity contribution in [3.63, 3.8) is 0 Å². The van der Waals surface area contributed by atoms with E-state index in [-0.39, 0.29) is 17.1 Å². The Labute approximate surface area is 178 Å². The van der Waals surface area contributed by atoms with E-state index in [4.69, 9.17) is 27.9 Å². The lowest BCUT2D eigenvalue weighted by molar-refractivity contribution is 0.409. The van der Waals surface area contributed by atoms with Crippen LogP contribution < -0.4 is 9.46 Å². The van der Waals surface area contributed by atoms with E-state index >= 15 is 0 Å². The minimum atomic E-state index is -4.19. The summed E-state index contributed by atoms with van der Waals surface area (Å²) in [6.07, 6.45) is 1.47. The summed E-state index contributed by atoms with van der Waals surface area (Å²) in [6, 6.07) is 10.6. The molecule has 0 unspecified atom stereocenters. The minimum absolute atomic E-state index is 0.0266. The van der Waals surface area contributed by atoms with Gasteiger partial charge in [-0.3, -0.25) is 4.98 Å². The van der Waals surface area contributed by atoms with Crippen molar-refractivity contribution in [3.05, 3.63) is 75.8 Å². The Morgan fingerprint density at radius 3 is 2.48 bits per heavy atom. The summed E-state index contributed by atoms with van der Waals surface area (Å²) in [4.78, 5) is 3.61. The number of nitrogens with zero attached hydrogens (tertiary/aromatic N) is 1. The third-order valence-electron chi connectivity index (χ3n) is 4.24. The van der Waals surface area contributed by atoms with Crippen LogP contribution in [-0.4, -0.2) is 20.5 Å². The van der Waals surface area contributed by atoms with Gasteiger partial charge in [-0.2, -0.15) is 0 Å². The molecule has 0 radical (unpaired) electrons. The van der Waals surface area contributed by atoms with Crippen LogP contribution in [0.4, 0.5) is 4.39 Å². The van der Waals surface area contributed by atoms with Crippen molar-refractivity contribution < 1.29 is 17.5 Å². The SMILES string of the molecule is COc1ccccc1CNS(=O)(=O)c1cc(-c2cnc(C)cc2Cl)c(Cl)cc1F. The number of para-hydroxylation sites is 1. The molecule has 0 aliphatic heterocycles. The van der Waals surface area contributed by atoms with Crippen LogP contribution in [0, 0.1) is 12.7 Å². The van der Waals surface area contributed by atoms with Gasteiger partial charge in [0.05, 0.1) is 17.2 Å². The first-order valence-electron chi connectivity index (χ1n) is 8.46. The average Bonchev–Trinajstić information content (AvgIpc) is 2.67. The fourth-order valence-corrected chi connectivity index (χ4v) is 4.42. The zero-order valence-electron chi connectivity index (χ0n) is 15.5. The molecule has 3 aromatic rings. The van der Waals surface area contributed by atoms with Crippen LogP contribution in [0.1, 0.15) is 11.3 Å². The fraction of sp³-hybridized carbons (Fsp3) is 0.150. The Kier molecular flexibility index (Phi) is 6.43. The molecule has 1 heterocycles. The summed E-state index contributed by atoms with van der Waals surface area (Å²) in [7, 11) is -2.70. The zero-order valence-corrected chi connectivity index (χ0v) is 17.9. The number of hydrogen-bond donors (Lipinski definition) is 1. The van der Waals surface area contributed by atoms with E-state index in [1.54, 1.807) is 37.3 Å². The van der Waals surface area contributed by atoms with Gasteiger partial charge >= 0.3 is 0 Å². The molecule has 0 amide bonds. The molecule has 0 aliphatic rings. The van der Waals surface area contributed by atoms with Crippen LogP contribution >= 0.6 is 23.2 Å². The van der Waals surface area contributed by atoms with Crippen molar-refractivity contribution in [2.24, 2.45) is 0 Å². The molecule has 1 aromatic heterocycles. The second kappa shape index (κ2) is 8.67. The molecule has 152 valence electrons. The molecule has 5 nitrogen and oxygen atoms in total. The second-order valence-corrected chi connectivity index (χ2v) is 8.75. The van der Waals surface area contributed by atoms with E-state index in [1.807, 2.05) is 0 Å². The smallest absolute Gasteiger partial charge is 0.243 e. The summed E-state index contributed by atoms with van der Waals surface area (Å²) in [5.41, 5.74) is 1.97. The second-order valence-electron chi connectivity index (χ2n) is 6.20. The van der Waals surface area contributed by atoms with Crippen LogP contribution in [0.25, 0.3) is 11.1 Å². The van der Waals surface area contributed by atoms with Gasteiger partial charge in [0.1, 0.15) is 16.5 Å². The number of pyridine rings is 1. The molecular weight excluding hydrogens is 438 g/mol. The number of sulfonamides is 1. The third kappa shape index (κ3) is 4.70. The van der Waals surface area contributed by atoms with Crippen LogP contribution in [0.15, 0.2) is 53.6 Å². The highest BCUT2D eigenvalue weighted by molar-refractivity contribution is 7.89. The third-order valence-corrected chi connectivity index (χ3v) is 6.28. The molecule has 0 saturated carbocycles. The number of halogens is 3. The van der Waals surface area contributed by atoms with Crippen molar-refractivity contribution in [2.45, 2.75) is 18.4 Å². The maximum Gasteiger partial charge on any atom is 0.243 e. The van der Waals surface area contributed by atoms with Gasteiger partial charge in [0, 0.05) is 35.1 Å². The standard InChI is InChI=1S/C20H17Cl2FN2O3S/c1-12-7-16(21)15(11-24-12)14-8-20(18(23)9-17(14)22)29(26,27)25-10-13-5-3-4-6-19(13)28-2/h3-9,11,25H,10H2,1-2H3. The fourth-order valence-electron chi connectivity index (χ4n) is 2.77. The van der Waals surface area contributed by atoms with Gasteiger partial charge < -0.3 is 4.74 Å². The van der Waals surface area contributed by atoms with Crippen LogP contribution in [0.2, 0.25) is 10.0 Å². The van der Waals surface area contributed by atoms with Gasteiger partial charge in [-0.05, 0) is 31.2 Å². The van der Waals surface area contributed by atoms with Gasteiger partial charge in [0.15, 0.2) is 0 Å². The molecule has 0 saturated heterocycles. The maximum absolute atomic E-state index is 14.5. The minimum Gasteiger partial charge on any atom is -0.496 e. The van der Waals surface area contributed by atoms with Gasteiger partial charge in [0.2, 0.25) is 10.0 Å². The number of benzene rings is 2. The van der Waals surface area contributed by atoms with Gasteiger partial charge in [-0.15, -0.1) is 0 Å². The number of aromatic nitrogens is 1. The Morgan fingerprint density at radius 1 is 1.10 bits per heavy atom. The Bertz CT molecular complexity index is 1170. The number of nitrogens with one attached hydrogen (secondary N) is 1. The highest BCUT2D eigenvalue weighted by atomic mass is 35.5. The lowest BCUT2D eigenvalue weighted by Crippen LogP contribution is -2.24. The van der Waals surface area contributed by atoms with Crippen LogP contribution in [0.5, 0.6) is 5.75 Å². The summed E-state index contributed by atoms with van der Waals surface area (Å²) in [5, 5.41) is 0.357. The average molecular weight is 455 g/mol. The first-order chi connectivity index (χ1) is 13.7. The van der Waals surface area contributed by atoms with Gasteiger partial charge in [0.25, 0.3) is 0 Å². The lowest BCUT2D eigenvalue weighted by atomic mass is 10.1. The first kappa shape index (κ1) is 21.5. The Hall–Kier alpha value is -2.19. The first-order valence-corrected chi connectivity index (χ1v) is 10.7. The van der Waals surface area contributed by atoms with E-state index in [0.717, 1.165) is 12.1 Å². The van der Waals surface area contributed by atoms with E-state index < -0.39 is 20.7 Å². The molecule has 0 atom stereocenters. The van der Waals surface area contributed by atoms with E-state index in [0.29, 0.717) is 27.6 Å². The number of hydrogen-bond acceptors (Lipinski definition) is 4. The molecule has 0 aliphatic carbocycles. The molecular formula is C20H17Cl2FN2O3S. The summed E-state index contributed by atoms with van der Waals surface area (Å²) < 4.78 is 47.7. The molecule has 1 N–H and O–H groups in total. The largest absolute Gasteiger partial charge is 0.496 e. The van der Waals surface area contributed by atoms with Crippen LogP contribution in [-0.2, 0) is 16.6 Å². The molecule has 0 spiro atoms. The molecule has 3 rings (SSSR count). The van der Waals surface area contributed by atoms with E-state index in [2.05, 4.69) is 9.71 Å². The van der Waals surface area contributed by atoms with Crippen molar-refractivity contribution in [2.75, 3.05) is 7.11 Å². The normalized spacial score (nSPS) is 11.5. The number of aryl methyl sites for hydroxylation is 1. The monoisotopic (exact) mass is 454 g/mol.